The molecule has 1 heterocycles. The van der Waals surface area contributed by atoms with E-state index in [0.29, 0.717) is 11.5 Å². The number of rotatable bonds is 7. The molecule has 0 spiro atoms. The van der Waals surface area contributed by atoms with Crippen molar-refractivity contribution in [3.63, 3.8) is 0 Å². The van der Waals surface area contributed by atoms with Gasteiger partial charge in [-0.1, -0.05) is 28.1 Å². The van der Waals surface area contributed by atoms with Crippen molar-refractivity contribution < 1.29 is 14.3 Å². The third-order valence-corrected chi connectivity index (χ3v) is 6.00. The van der Waals surface area contributed by atoms with Crippen LogP contribution in [0.25, 0.3) is 0 Å². The van der Waals surface area contributed by atoms with Crippen LogP contribution in [-0.2, 0) is 11.2 Å². The smallest absolute Gasteiger partial charge is 0.251 e. The number of halogens is 1. The van der Waals surface area contributed by atoms with Crippen LogP contribution in [0.5, 0.6) is 5.75 Å². The highest BCUT2D eigenvalue weighted by Crippen LogP contribution is 2.23. The van der Waals surface area contributed by atoms with Crippen LogP contribution in [-0.4, -0.2) is 43.5 Å². The molecule has 6 heteroatoms. The second kappa shape index (κ2) is 10.4. The maximum absolute atomic E-state index is 12.4. The van der Waals surface area contributed by atoms with Gasteiger partial charge in [0.15, 0.2) is 0 Å². The van der Waals surface area contributed by atoms with Crippen LogP contribution >= 0.6 is 15.9 Å². The summed E-state index contributed by atoms with van der Waals surface area (Å²) in [5.74, 6) is 1.29. The standard InChI is InChI=1S/C23H27BrN2O3/c1-29-21-10-4-17(5-11-21)2-3-18-12-14-26(15-13-18)22(27)16-25-23(28)19-6-8-20(24)9-7-19/h4-11,18H,2-3,12-16H2,1H3,(H,25,28). The number of ether oxygens (including phenoxy) is 1. The lowest BCUT2D eigenvalue weighted by Gasteiger charge is -2.32. The number of nitrogens with zero attached hydrogens (tertiary/aromatic N) is 1. The molecule has 3 rings (SSSR count). The van der Waals surface area contributed by atoms with E-state index in [1.807, 2.05) is 29.2 Å². The largest absolute Gasteiger partial charge is 0.497 e. The maximum atomic E-state index is 12.4. The number of aryl methyl sites for hydroxylation is 1. The fourth-order valence-corrected chi connectivity index (χ4v) is 3.87. The molecule has 2 aromatic rings. The molecule has 1 aliphatic heterocycles. The summed E-state index contributed by atoms with van der Waals surface area (Å²) >= 11 is 3.35. The maximum Gasteiger partial charge on any atom is 0.251 e. The zero-order chi connectivity index (χ0) is 20.6. The molecule has 1 aliphatic rings. The highest BCUT2D eigenvalue weighted by Gasteiger charge is 2.23. The van der Waals surface area contributed by atoms with E-state index in [9.17, 15) is 9.59 Å². The van der Waals surface area contributed by atoms with Crippen molar-refractivity contribution in [2.45, 2.75) is 25.7 Å². The second-order valence-corrected chi connectivity index (χ2v) is 8.32. The van der Waals surface area contributed by atoms with Crippen molar-refractivity contribution in [1.29, 1.82) is 0 Å². The first-order valence-corrected chi connectivity index (χ1v) is 10.8. The Bertz CT molecular complexity index is 813. The van der Waals surface area contributed by atoms with Crippen molar-refractivity contribution in [2.24, 2.45) is 5.92 Å². The Morgan fingerprint density at radius 1 is 1.07 bits per heavy atom. The Hall–Kier alpha value is -2.34. The SMILES string of the molecule is COc1ccc(CCC2CCN(C(=O)CNC(=O)c3ccc(Br)cc3)CC2)cc1. The molecule has 0 aliphatic carbocycles. The van der Waals surface area contributed by atoms with Crippen LogP contribution in [0.1, 0.15) is 35.2 Å². The quantitative estimate of drug-likeness (QED) is 0.680. The van der Waals surface area contributed by atoms with E-state index in [1.54, 1.807) is 19.2 Å². The Labute approximate surface area is 180 Å². The molecule has 0 unspecified atom stereocenters. The van der Waals surface area contributed by atoms with Crippen LogP contribution in [0.15, 0.2) is 53.0 Å². The zero-order valence-electron chi connectivity index (χ0n) is 16.7. The van der Waals surface area contributed by atoms with Crippen LogP contribution in [0.2, 0.25) is 0 Å². The number of likely N-dealkylation sites (tertiary alicyclic amines) is 1. The summed E-state index contributed by atoms with van der Waals surface area (Å²) in [7, 11) is 1.68. The van der Waals surface area contributed by atoms with Crippen molar-refractivity contribution in [3.05, 3.63) is 64.1 Å². The molecule has 0 aromatic heterocycles. The van der Waals surface area contributed by atoms with E-state index in [1.165, 1.54) is 5.56 Å². The van der Waals surface area contributed by atoms with Gasteiger partial charge >= 0.3 is 0 Å². The number of amides is 2. The van der Waals surface area contributed by atoms with Crippen LogP contribution in [0.3, 0.4) is 0 Å². The van der Waals surface area contributed by atoms with E-state index in [-0.39, 0.29) is 18.4 Å². The molecule has 0 radical (unpaired) electrons. The van der Waals surface area contributed by atoms with Gasteiger partial charge in [-0.25, -0.2) is 0 Å². The molecular formula is C23H27BrN2O3. The number of nitrogens with one attached hydrogen (secondary N) is 1. The van der Waals surface area contributed by atoms with Crippen LogP contribution < -0.4 is 10.1 Å². The van der Waals surface area contributed by atoms with Crippen molar-refractivity contribution in [1.82, 2.24) is 10.2 Å². The van der Waals surface area contributed by atoms with Gasteiger partial charge < -0.3 is 15.0 Å². The Balaban J connectivity index is 1.37. The van der Waals surface area contributed by atoms with E-state index < -0.39 is 0 Å². The number of carbonyl (C=O) groups is 2. The van der Waals surface area contributed by atoms with Gasteiger partial charge in [0.2, 0.25) is 5.91 Å². The average molecular weight is 459 g/mol. The molecule has 1 fully saturated rings. The summed E-state index contributed by atoms with van der Waals surface area (Å²) in [5.41, 5.74) is 1.87. The highest BCUT2D eigenvalue weighted by molar-refractivity contribution is 9.10. The van der Waals surface area contributed by atoms with Gasteiger partial charge in [0.1, 0.15) is 5.75 Å². The number of hydrogen-bond acceptors (Lipinski definition) is 3. The summed E-state index contributed by atoms with van der Waals surface area (Å²) < 4.78 is 6.11. The number of hydrogen-bond donors (Lipinski definition) is 1. The fraction of sp³-hybridized carbons (Fsp3) is 0.391. The van der Waals surface area contributed by atoms with Gasteiger partial charge in [0.05, 0.1) is 13.7 Å². The van der Waals surface area contributed by atoms with E-state index >= 15 is 0 Å². The Morgan fingerprint density at radius 3 is 2.34 bits per heavy atom. The Morgan fingerprint density at radius 2 is 1.72 bits per heavy atom. The molecule has 2 aromatic carbocycles. The lowest BCUT2D eigenvalue weighted by Crippen LogP contribution is -2.44. The predicted octanol–water partition coefficient (Wildman–Crippen LogP) is 4.06. The lowest BCUT2D eigenvalue weighted by atomic mass is 9.90. The van der Waals surface area contributed by atoms with E-state index in [4.69, 9.17) is 4.74 Å². The molecule has 0 saturated carbocycles. The summed E-state index contributed by atoms with van der Waals surface area (Å²) in [5, 5.41) is 2.73. The first kappa shape index (κ1) is 21.4. The fourth-order valence-electron chi connectivity index (χ4n) is 3.61. The normalized spacial score (nSPS) is 14.5. The minimum Gasteiger partial charge on any atom is -0.497 e. The summed E-state index contributed by atoms with van der Waals surface area (Å²) in [4.78, 5) is 26.4. The lowest BCUT2D eigenvalue weighted by molar-refractivity contribution is -0.131. The monoisotopic (exact) mass is 458 g/mol. The van der Waals surface area contributed by atoms with Gasteiger partial charge in [0, 0.05) is 23.1 Å². The third-order valence-electron chi connectivity index (χ3n) is 5.47. The predicted molar refractivity (Wildman–Crippen MR) is 117 cm³/mol. The third kappa shape index (κ3) is 6.32. The molecule has 0 bridgehead atoms. The molecule has 2 amide bonds. The van der Waals surface area contributed by atoms with E-state index in [0.717, 1.165) is 49.0 Å². The highest BCUT2D eigenvalue weighted by atomic mass is 79.9. The average Bonchev–Trinajstić information content (AvgIpc) is 2.77. The first-order chi connectivity index (χ1) is 14.0. The Kier molecular flexibility index (Phi) is 7.69. The molecule has 1 N–H and O–H groups in total. The number of methoxy groups -OCH3 is 1. The first-order valence-electron chi connectivity index (χ1n) is 9.99. The minimum absolute atomic E-state index is 0.0101. The molecule has 1 saturated heterocycles. The van der Waals surface area contributed by atoms with Crippen LogP contribution in [0, 0.1) is 5.92 Å². The summed E-state index contributed by atoms with van der Waals surface area (Å²) in [6, 6.07) is 15.3. The van der Waals surface area contributed by atoms with Crippen LogP contribution in [0.4, 0.5) is 0 Å². The van der Waals surface area contributed by atoms with Crippen molar-refractivity contribution in [2.75, 3.05) is 26.7 Å². The number of piperidine rings is 1. The van der Waals surface area contributed by atoms with Gasteiger partial charge in [-0.2, -0.15) is 0 Å². The molecule has 154 valence electrons. The van der Waals surface area contributed by atoms with Gasteiger partial charge in [-0.3, -0.25) is 9.59 Å². The van der Waals surface area contributed by atoms with Gasteiger partial charge in [0.25, 0.3) is 5.91 Å². The summed E-state index contributed by atoms with van der Waals surface area (Å²) in [6.07, 6.45) is 4.21. The molecule has 0 atom stereocenters. The minimum atomic E-state index is -0.222. The molecular weight excluding hydrogens is 432 g/mol. The number of carbonyl (C=O) groups excluding carboxylic acids is 2. The second-order valence-electron chi connectivity index (χ2n) is 7.40. The van der Waals surface area contributed by atoms with Gasteiger partial charge in [-0.15, -0.1) is 0 Å². The molecule has 5 nitrogen and oxygen atoms in total. The topological polar surface area (TPSA) is 58.6 Å². The molecule has 29 heavy (non-hydrogen) atoms. The zero-order valence-corrected chi connectivity index (χ0v) is 18.3. The van der Waals surface area contributed by atoms with Crippen molar-refractivity contribution >= 4 is 27.7 Å². The van der Waals surface area contributed by atoms with E-state index in [2.05, 4.69) is 33.4 Å². The number of benzene rings is 2. The van der Waals surface area contributed by atoms with Gasteiger partial charge in [-0.05, 0) is 73.6 Å². The summed E-state index contributed by atoms with van der Waals surface area (Å²) in [6.45, 7) is 1.58. The van der Waals surface area contributed by atoms with Crippen molar-refractivity contribution in [3.8, 4) is 5.75 Å².